The number of Topliss-reactive ketones (excluding diaryl/α,β-unsaturated/α-hetero) is 1. The largest absolute Gasteiger partial charge is 0.467 e. The maximum Gasteiger partial charge on any atom is 0.427 e. The quantitative estimate of drug-likeness (QED) is 0.588. The van der Waals surface area contributed by atoms with Crippen LogP contribution in [0.2, 0.25) is 19.6 Å². The van der Waals surface area contributed by atoms with Gasteiger partial charge in [-0.05, 0) is 32.5 Å². The predicted molar refractivity (Wildman–Crippen MR) is 72.2 cm³/mol. The van der Waals surface area contributed by atoms with Gasteiger partial charge in [0.1, 0.15) is 5.78 Å². The highest BCUT2D eigenvalue weighted by Gasteiger charge is 2.68. The van der Waals surface area contributed by atoms with Crippen molar-refractivity contribution in [3.63, 3.8) is 0 Å². The van der Waals surface area contributed by atoms with Gasteiger partial charge in [0.25, 0.3) is 5.60 Å². The molecule has 0 radical (unpaired) electrons. The predicted octanol–water partition coefficient (Wildman–Crippen LogP) is 3.07. The molecule has 122 valence electrons. The van der Waals surface area contributed by atoms with E-state index in [2.05, 4.69) is 4.74 Å². The summed E-state index contributed by atoms with van der Waals surface area (Å²) >= 11 is 0. The Labute approximate surface area is 123 Å². The van der Waals surface area contributed by atoms with Crippen LogP contribution in [0.3, 0.4) is 0 Å². The SMILES string of the molecule is COC(=O)C(O[Si](C)(C)C)(C1CCCC(=O)C1)C(F)(F)F. The minimum absolute atomic E-state index is 0.116. The van der Waals surface area contributed by atoms with E-state index in [1.807, 2.05) is 0 Å². The van der Waals surface area contributed by atoms with Gasteiger partial charge in [-0.15, -0.1) is 0 Å². The summed E-state index contributed by atoms with van der Waals surface area (Å²) in [6, 6.07) is 0. The van der Waals surface area contributed by atoms with Gasteiger partial charge in [0.05, 0.1) is 7.11 Å². The molecular formula is C13H21F3O4Si. The first-order valence-electron chi connectivity index (χ1n) is 6.81. The van der Waals surface area contributed by atoms with E-state index >= 15 is 0 Å². The number of carbonyl (C=O) groups excluding carboxylic acids is 2. The Bertz CT molecular complexity index is 417. The van der Waals surface area contributed by atoms with Crippen LogP contribution in [0.25, 0.3) is 0 Å². The van der Waals surface area contributed by atoms with Gasteiger partial charge in [-0.25, -0.2) is 4.79 Å². The van der Waals surface area contributed by atoms with Crippen molar-refractivity contribution >= 4 is 20.1 Å². The number of alkyl halides is 3. The summed E-state index contributed by atoms with van der Waals surface area (Å²) < 4.78 is 50.9. The molecule has 0 amide bonds. The van der Waals surface area contributed by atoms with Gasteiger partial charge in [0.15, 0.2) is 8.32 Å². The van der Waals surface area contributed by atoms with E-state index in [4.69, 9.17) is 4.43 Å². The summed E-state index contributed by atoms with van der Waals surface area (Å²) in [6.45, 7) is 4.71. The zero-order valence-electron chi connectivity index (χ0n) is 12.7. The van der Waals surface area contributed by atoms with E-state index in [1.54, 1.807) is 19.6 Å². The number of ether oxygens (including phenoxy) is 1. The van der Waals surface area contributed by atoms with Crippen LogP contribution >= 0.6 is 0 Å². The molecule has 21 heavy (non-hydrogen) atoms. The molecule has 1 fully saturated rings. The molecule has 0 spiro atoms. The zero-order chi connectivity index (χ0) is 16.5. The van der Waals surface area contributed by atoms with E-state index in [0.29, 0.717) is 6.42 Å². The minimum atomic E-state index is -4.93. The first kappa shape index (κ1) is 18.2. The number of carbonyl (C=O) groups is 2. The van der Waals surface area contributed by atoms with Gasteiger partial charge in [0, 0.05) is 18.8 Å². The van der Waals surface area contributed by atoms with Crippen molar-refractivity contribution in [2.24, 2.45) is 5.92 Å². The highest BCUT2D eigenvalue weighted by Crippen LogP contribution is 2.47. The molecular weight excluding hydrogens is 305 g/mol. The molecule has 0 saturated heterocycles. The second kappa shape index (κ2) is 6.08. The summed E-state index contributed by atoms with van der Waals surface area (Å²) in [5.74, 6) is -2.96. The van der Waals surface area contributed by atoms with Crippen molar-refractivity contribution in [3.05, 3.63) is 0 Å². The third-order valence-electron chi connectivity index (χ3n) is 3.43. The molecule has 2 unspecified atom stereocenters. The van der Waals surface area contributed by atoms with Crippen molar-refractivity contribution in [2.75, 3.05) is 7.11 Å². The van der Waals surface area contributed by atoms with Crippen LogP contribution in [0.4, 0.5) is 13.2 Å². The van der Waals surface area contributed by atoms with E-state index in [-0.39, 0.29) is 25.0 Å². The fourth-order valence-electron chi connectivity index (χ4n) is 2.70. The first-order valence-corrected chi connectivity index (χ1v) is 10.2. The fraction of sp³-hybridized carbons (Fsp3) is 0.846. The van der Waals surface area contributed by atoms with Gasteiger partial charge in [-0.3, -0.25) is 4.79 Å². The summed E-state index contributed by atoms with van der Waals surface area (Å²) in [6.07, 6.45) is -4.54. The molecule has 1 aliphatic carbocycles. The van der Waals surface area contributed by atoms with Crippen LogP contribution in [0.1, 0.15) is 25.7 Å². The Hall–Kier alpha value is -0.893. The van der Waals surface area contributed by atoms with Crippen LogP contribution in [0.15, 0.2) is 0 Å². The smallest absolute Gasteiger partial charge is 0.427 e. The van der Waals surface area contributed by atoms with E-state index in [0.717, 1.165) is 7.11 Å². The Morgan fingerprint density at radius 2 is 1.86 bits per heavy atom. The monoisotopic (exact) mass is 326 g/mol. The maximum atomic E-state index is 13.7. The molecule has 0 aromatic rings. The van der Waals surface area contributed by atoms with Crippen LogP contribution < -0.4 is 0 Å². The van der Waals surface area contributed by atoms with E-state index in [9.17, 15) is 22.8 Å². The normalized spacial score (nSPS) is 23.6. The molecule has 4 nitrogen and oxygen atoms in total. The lowest BCUT2D eigenvalue weighted by molar-refractivity contribution is -0.272. The van der Waals surface area contributed by atoms with Gasteiger partial charge in [-0.2, -0.15) is 13.2 Å². The number of esters is 1. The van der Waals surface area contributed by atoms with Crippen molar-refractivity contribution in [1.29, 1.82) is 0 Å². The maximum absolute atomic E-state index is 13.7. The van der Waals surface area contributed by atoms with E-state index < -0.39 is 32.0 Å². The molecule has 0 aliphatic heterocycles. The average molecular weight is 326 g/mol. The number of halogens is 3. The fourth-order valence-corrected chi connectivity index (χ4v) is 4.03. The molecule has 0 aromatic carbocycles. The Kier molecular flexibility index (Phi) is 5.25. The second-order valence-corrected chi connectivity index (χ2v) is 10.7. The molecule has 1 saturated carbocycles. The number of ketones is 1. The zero-order valence-corrected chi connectivity index (χ0v) is 13.7. The van der Waals surface area contributed by atoms with Gasteiger partial charge in [0.2, 0.25) is 0 Å². The average Bonchev–Trinajstić information content (AvgIpc) is 2.32. The lowest BCUT2D eigenvalue weighted by atomic mass is 9.76. The van der Waals surface area contributed by atoms with Crippen LogP contribution in [0.5, 0.6) is 0 Å². The van der Waals surface area contributed by atoms with Crippen molar-refractivity contribution in [3.8, 4) is 0 Å². The minimum Gasteiger partial charge on any atom is -0.467 e. The Morgan fingerprint density at radius 3 is 2.24 bits per heavy atom. The molecule has 0 aromatic heterocycles. The van der Waals surface area contributed by atoms with Gasteiger partial charge < -0.3 is 9.16 Å². The number of hydrogen-bond donors (Lipinski definition) is 0. The molecule has 1 aliphatic rings. The third kappa shape index (κ3) is 3.85. The number of rotatable bonds is 4. The Balaban J connectivity index is 3.36. The highest BCUT2D eigenvalue weighted by molar-refractivity contribution is 6.70. The van der Waals surface area contributed by atoms with Crippen molar-refractivity contribution in [2.45, 2.75) is 57.1 Å². The number of hydrogen-bond acceptors (Lipinski definition) is 4. The van der Waals surface area contributed by atoms with Crippen LogP contribution in [-0.2, 0) is 18.8 Å². The summed E-state index contributed by atoms with van der Waals surface area (Å²) in [4.78, 5) is 23.6. The highest BCUT2D eigenvalue weighted by atomic mass is 28.4. The molecule has 1 rings (SSSR count). The lowest BCUT2D eigenvalue weighted by Crippen LogP contribution is -2.64. The second-order valence-electron chi connectivity index (χ2n) is 6.27. The lowest BCUT2D eigenvalue weighted by Gasteiger charge is -2.43. The van der Waals surface area contributed by atoms with Crippen molar-refractivity contribution in [1.82, 2.24) is 0 Å². The van der Waals surface area contributed by atoms with Crippen LogP contribution in [0, 0.1) is 5.92 Å². The van der Waals surface area contributed by atoms with E-state index in [1.165, 1.54) is 0 Å². The number of methoxy groups -OCH3 is 1. The molecule has 2 atom stereocenters. The first-order chi connectivity index (χ1) is 9.44. The standard InChI is InChI=1S/C13H21F3O4Si/c1-19-11(18)12(13(14,15)16,20-21(2,3)4)9-6-5-7-10(17)8-9/h9H,5-8H2,1-4H3. The summed E-state index contributed by atoms with van der Waals surface area (Å²) in [7, 11) is -1.82. The molecule has 0 heterocycles. The van der Waals surface area contributed by atoms with Gasteiger partial charge in [-0.1, -0.05) is 0 Å². The van der Waals surface area contributed by atoms with Gasteiger partial charge >= 0.3 is 12.1 Å². The molecule has 8 heteroatoms. The van der Waals surface area contributed by atoms with Crippen LogP contribution in [-0.4, -0.2) is 39.0 Å². The molecule has 0 N–H and O–H groups in total. The third-order valence-corrected chi connectivity index (χ3v) is 4.37. The van der Waals surface area contributed by atoms with Crippen molar-refractivity contribution < 1.29 is 31.9 Å². The topological polar surface area (TPSA) is 52.6 Å². The molecule has 0 bridgehead atoms. The Morgan fingerprint density at radius 1 is 1.29 bits per heavy atom. The summed E-state index contributed by atoms with van der Waals surface area (Å²) in [5, 5.41) is 0. The summed E-state index contributed by atoms with van der Waals surface area (Å²) in [5.41, 5.74) is -3.04.